The summed E-state index contributed by atoms with van der Waals surface area (Å²) >= 11 is 0. The number of carbonyl (C=O) groups is 1. The fourth-order valence-corrected chi connectivity index (χ4v) is 3.60. The van der Waals surface area contributed by atoms with Crippen LogP contribution in [0.1, 0.15) is 6.92 Å². The van der Waals surface area contributed by atoms with Gasteiger partial charge in [0, 0.05) is 23.7 Å². The van der Waals surface area contributed by atoms with Crippen molar-refractivity contribution in [2.24, 2.45) is 0 Å². The van der Waals surface area contributed by atoms with E-state index in [1.807, 2.05) is 85.8 Å². The molecule has 35 heavy (non-hydrogen) atoms. The van der Waals surface area contributed by atoms with Crippen LogP contribution in [0.4, 0.5) is 0 Å². The highest BCUT2D eigenvalue weighted by atomic mass is 16.5. The van der Waals surface area contributed by atoms with Gasteiger partial charge >= 0.3 is 0 Å². The Morgan fingerprint density at radius 3 is 2.37 bits per heavy atom. The quantitative estimate of drug-likeness (QED) is 0.377. The number of benzene rings is 3. The number of hydrogen-bond donors (Lipinski definition) is 1. The molecule has 7 heteroatoms. The molecule has 0 radical (unpaired) electrons. The van der Waals surface area contributed by atoms with Crippen LogP contribution in [0.2, 0.25) is 0 Å². The molecule has 0 saturated heterocycles. The van der Waals surface area contributed by atoms with Crippen LogP contribution in [0.5, 0.6) is 11.5 Å². The van der Waals surface area contributed by atoms with E-state index in [0.29, 0.717) is 18.1 Å². The van der Waals surface area contributed by atoms with E-state index < -0.39 is 0 Å². The molecule has 0 atom stereocenters. The molecule has 1 aromatic heterocycles. The SMILES string of the molecule is CCOc1ccc(-c2ccc(=O)n(CCNC(=O)COc3ccccc3-c3ccccc3)n2)cc1. The molecule has 1 amide bonds. The largest absolute Gasteiger partial charge is 0.494 e. The van der Waals surface area contributed by atoms with Crippen molar-refractivity contribution in [2.75, 3.05) is 19.8 Å². The van der Waals surface area contributed by atoms with E-state index in [-0.39, 0.29) is 31.2 Å². The van der Waals surface area contributed by atoms with E-state index in [0.717, 1.165) is 22.4 Å². The minimum Gasteiger partial charge on any atom is -0.494 e. The molecule has 0 fully saturated rings. The fraction of sp³-hybridized carbons (Fsp3) is 0.179. The maximum atomic E-state index is 12.4. The molecular formula is C28H27N3O4. The van der Waals surface area contributed by atoms with Crippen LogP contribution >= 0.6 is 0 Å². The minimum absolute atomic E-state index is 0.127. The standard InChI is InChI=1S/C28H27N3O4/c1-2-34-23-14-12-22(13-15-23)25-16-17-28(33)31(30-25)19-18-29-27(32)20-35-26-11-7-6-10-24(26)21-8-4-3-5-9-21/h3-17H,2,18-20H2,1H3,(H,29,32). The summed E-state index contributed by atoms with van der Waals surface area (Å²) in [6.07, 6.45) is 0. The van der Waals surface area contributed by atoms with Gasteiger partial charge in [0.1, 0.15) is 11.5 Å². The van der Waals surface area contributed by atoms with Crippen LogP contribution in [0.25, 0.3) is 22.4 Å². The Hall–Kier alpha value is -4.39. The van der Waals surface area contributed by atoms with Crippen LogP contribution in [0.3, 0.4) is 0 Å². The summed E-state index contributed by atoms with van der Waals surface area (Å²) in [4.78, 5) is 24.6. The van der Waals surface area contributed by atoms with Gasteiger partial charge in [-0.25, -0.2) is 4.68 Å². The van der Waals surface area contributed by atoms with Crippen molar-refractivity contribution in [3.63, 3.8) is 0 Å². The average molecular weight is 470 g/mol. The topological polar surface area (TPSA) is 82.5 Å². The predicted molar refractivity (Wildman–Crippen MR) is 135 cm³/mol. The van der Waals surface area contributed by atoms with Crippen molar-refractivity contribution in [3.05, 3.63) is 101 Å². The van der Waals surface area contributed by atoms with Crippen molar-refractivity contribution in [2.45, 2.75) is 13.5 Å². The normalized spacial score (nSPS) is 10.5. The number of hydrogen-bond acceptors (Lipinski definition) is 5. The third kappa shape index (κ3) is 6.35. The summed E-state index contributed by atoms with van der Waals surface area (Å²) in [6.45, 7) is 2.90. The minimum atomic E-state index is -0.274. The number of rotatable bonds is 10. The second kappa shape index (κ2) is 11.7. The molecule has 4 aromatic rings. The molecular weight excluding hydrogens is 442 g/mol. The highest BCUT2D eigenvalue weighted by Gasteiger charge is 2.09. The molecule has 0 aliphatic rings. The highest BCUT2D eigenvalue weighted by Crippen LogP contribution is 2.29. The second-order valence-electron chi connectivity index (χ2n) is 7.74. The first-order valence-corrected chi connectivity index (χ1v) is 11.5. The zero-order chi connectivity index (χ0) is 24.5. The molecule has 0 aliphatic heterocycles. The van der Waals surface area contributed by atoms with Gasteiger partial charge in [-0.15, -0.1) is 0 Å². The summed E-state index contributed by atoms with van der Waals surface area (Å²) in [6, 6.07) is 28.1. The van der Waals surface area contributed by atoms with Gasteiger partial charge in [0.2, 0.25) is 0 Å². The lowest BCUT2D eigenvalue weighted by Gasteiger charge is -2.12. The summed E-state index contributed by atoms with van der Waals surface area (Å²) < 4.78 is 12.6. The van der Waals surface area contributed by atoms with Crippen LogP contribution < -0.4 is 20.3 Å². The summed E-state index contributed by atoms with van der Waals surface area (Å²) in [5, 5.41) is 7.22. The Morgan fingerprint density at radius 2 is 1.60 bits per heavy atom. The lowest BCUT2D eigenvalue weighted by molar-refractivity contribution is -0.123. The zero-order valence-corrected chi connectivity index (χ0v) is 19.5. The first kappa shape index (κ1) is 23.8. The second-order valence-corrected chi connectivity index (χ2v) is 7.74. The van der Waals surface area contributed by atoms with Gasteiger partial charge in [-0.2, -0.15) is 5.10 Å². The Labute approximate surface area is 204 Å². The van der Waals surface area contributed by atoms with Gasteiger partial charge in [-0.05, 0) is 48.9 Å². The van der Waals surface area contributed by atoms with Crippen molar-refractivity contribution < 1.29 is 14.3 Å². The molecule has 7 nitrogen and oxygen atoms in total. The fourth-order valence-electron chi connectivity index (χ4n) is 3.60. The maximum Gasteiger partial charge on any atom is 0.266 e. The molecule has 1 N–H and O–H groups in total. The third-order valence-electron chi connectivity index (χ3n) is 5.30. The summed E-state index contributed by atoms with van der Waals surface area (Å²) in [7, 11) is 0. The highest BCUT2D eigenvalue weighted by molar-refractivity contribution is 5.78. The molecule has 4 rings (SSSR count). The Balaban J connectivity index is 1.32. The molecule has 0 spiro atoms. The van der Waals surface area contributed by atoms with E-state index in [2.05, 4.69) is 10.4 Å². The number of nitrogens with zero attached hydrogens (tertiary/aromatic N) is 2. The van der Waals surface area contributed by atoms with Crippen molar-refractivity contribution in [1.82, 2.24) is 15.1 Å². The van der Waals surface area contributed by atoms with Gasteiger partial charge in [0.15, 0.2) is 6.61 Å². The van der Waals surface area contributed by atoms with E-state index >= 15 is 0 Å². The van der Waals surface area contributed by atoms with E-state index in [1.54, 1.807) is 6.07 Å². The van der Waals surface area contributed by atoms with Crippen LogP contribution in [0.15, 0.2) is 95.8 Å². The first-order chi connectivity index (χ1) is 17.1. The van der Waals surface area contributed by atoms with Crippen LogP contribution in [-0.2, 0) is 11.3 Å². The van der Waals surface area contributed by atoms with Crippen LogP contribution in [0, 0.1) is 0 Å². The molecule has 0 aliphatic carbocycles. The lowest BCUT2D eigenvalue weighted by atomic mass is 10.1. The Morgan fingerprint density at radius 1 is 0.857 bits per heavy atom. The van der Waals surface area contributed by atoms with E-state index in [4.69, 9.17) is 9.47 Å². The summed E-state index contributed by atoms with van der Waals surface area (Å²) in [5.74, 6) is 1.14. The van der Waals surface area contributed by atoms with E-state index in [1.165, 1.54) is 10.7 Å². The Bertz CT molecular complexity index is 1320. The van der Waals surface area contributed by atoms with Crippen molar-refractivity contribution in [1.29, 1.82) is 0 Å². The molecule has 0 bridgehead atoms. The smallest absolute Gasteiger partial charge is 0.266 e. The van der Waals surface area contributed by atoms with Gasteiger partial charge in [0.25, 0.3) is 11.5 Å². The maximum absolute atomic E-state index is 12.4. The van der Waals surface area contributed by atoms with Gasteiger partial charge in [-0.1, -0.05) is 48.5 Å². The van der Waals surface area contributed by atoms with Gasteiger partial charge < -0.3 is 14.8 Å². The van der Waals surface area contributed by atoms with Gasteiger partial charge in [-0.3, -0.25) is 9.59 Å². The zero-order valence-electron chi connectivity index (χ0n) is 19.5. The number of nitrogens with one attached hydrogen (secondary N) is 1. The lowest BCUT2D eigenvalue weighted by Crippen LogP contribution is -2.34. The number of amides is 1. The Kier molecular flexibility index (Phi) is 7.91. The van der Waals surface area contributed by atoms with Crippen molar-refractivity contribution in [3.8, 4) is 33.9 Å². The number of carbonyl (C=O) groups excluding carboxylic acids is 1. The molecule has 3 aromatic carbocycles. The average Bonchev–Trinajstić information content (AvgIpc) is 2.90. The monoisotopic (exact) mass is 469 g/mol. The first-order valence-electron chi connectivity index (χ1n) is 11.5. The molecule has 0 unspecified atom stereocenters. The van der Waals surface area contributed by atoms with Crippen molar-refractivity contribution >= 4 is 5.91 Å². The number of para-hydroxylation sites is 1. The van der Waals surface area contributed by atoms with Gasteiger partial charge in [0.05, 0.1) is 18.8 Å². The number of ether oxygens (including phenoxy) is 2. The molecule has 0 saturated carbocycles. The predicted octanol–water partition coefficient (Wildman–Crippen LogP) is 4.17. The van der Waals surface area contributed by atoms with Crippen LogP contribution in [-0.4, -0.2) is 35.4 Å². The molecule has 1 heterocycles. The van der Waals surface area contributed by atoms with E-state index in [9.17, 15) is 9.59 Å². The third-order valence-corrected chi connectivity index (χ3v) is 5.30. The summed E-state index contributed by atoms with van der Waals surface area (Å²) in [5.41, 5.74) is 3.24. The molecule has 178 valence electrons. The number of aromatic nitrogens is 2.